The molecule has 158 valence electrons. The largest absolute Gasteiger partial charge is 0.444 e. The molecular weight excluding hydrogens is 407 g/mol. The summed E-state index contributed by atoms with van der Waals surface area (Å²) in [4.78, 5) is 28.2. The molecule has 0 radical (unpaired) electrons. The van der Waals surface area contributed by atoms with Crippen molar-refractivity contribution in [1.29, 1.82) is 0 Å². The third-order valence-corrected chi connectivity index (χ3v) is 4.37. The van der Waals surface area contributed by atoms with Gasteiger partial charge >= 0.3 is 12.3 Å². The predicted octanol–water partition coefficient (Wildman–Crippen LogP) is 4.61. The van der Waals surface area contributed by atoms with Crippen LogP contribution in [-0.4, -0.2) is 29.1 Å². The number of hydrogen-bond acceptors (Lipinski definition) is 5. The Bertz CT molecular complexity index is 860. The molecule has 0 saturated heterocycles. The molecule has 0 unspecified atom stereocenters. The van der Waals surface area contributed by atoms with Crippen molar-refractivity contribution in [2.24, 2.45) is 0 Å². The van der Waals surface area contributed by atoms with E-state index in [1.54, 1.807) is 26.8 Å². The number of ether oxygens (including phenoxy) is 1. The SMILES string of the molecule is CC(C)(C)OC(=O)NCCC(=O)Nc1ncc(Cc2cccc(C(F)(F)F)c2)s1. The van der Waals surface area contributed by atoms with E-state index in [1.807, 2.05) is 0 Å². The van der Waals surface area contributed by atoms with Gasteiger partial charge in [0.15, 0.2) is 5.13 Å². The smallest absolute Gasteiger partial charge is 0.416 e. The maximum atomic E-state index is 12.8. The van der Waals surface area contributed by atoms with E-state index in [-0.39, 0.29) is 25.3 Å². The Morgan fingerprint density at radius 1 is 1.21 bits per heavy atom. The van der Waals surface area contributed by atoms with Gasteiger partial charge in [-0.3, -0.25) is 4.79 Å². The van der Waals surface area contributed by atoms with Crippen LogP contribution in [0.2, 0.25) is 0 Å². The molecule has 0 atom stereocenters. The molecule has 0 saturated carbocycles. The van der Waals surface area contributed by atoms with Gasteiger partial charge in [0.2, 0.25) is 5.91 Å². The number of amides is 2. The van der Waals surface area contributed by atoms with Crippen molar-refractivity contribution in [2.75, 3.05) is 11.9 Å². The molecule has 0 spiro atoms. The Morgan fingerprint density at radius 3 is 2.59 bits per heavy atom. The first-order valence-corrected chi connectivity index (χ1v) is 9.61. The van der Waals surface area contributed by atoms with Gasteiger partial charge in [0.05, 0.1) is 5.56 Å². The summed E-state index contributed by atoms with van der Waals surface area (Å²) < 4.78 is 43.5. The van der Waals surface area contributed by atoms with Crippen molar-refractivity contribution in [2.45, 2.75) is 45.4 Å². The lowest BCUT2D eigenvalue weighted by Gasteiger charge is -2.19. The second-order valence-electron chi connectivity index (χ2n) is 7.23. The Labute approximate surface area is 170 Å². The molecule has 0 aliphatic heterocycles. The lowest BCUT2D eigenvalue weighted by Crippen LogP contribution is -2.34. The second kappa shape index (κ2) is 9.25. The highest BCUT2D eigenvalue weighted by Crippen LogP contribution is 2.30. The molecule has 1 aromatic heterocycles. The fourth-order valence-electron chi connectivity index (χ4n) is 2.28. The normalized spacial score (nSPS) is 11.8. The first-order valence-electron chi connectivity index (χ1n) is 8.80. The predicted molar refractivity (Wildman–Crippen MR) is 104 cm³/mol. The highest BCUT2D eigenvalue weighted by atomic mass is 32.1. The Morgan fingerprint density at radius 2 is 1.93 bits per heavy atom. The summed E-state index contributed by atoms with van der Waals surface area (Å²) in [6.45, 7) is 5.30. The van der Waals surface area contributed by atoms with E-state index >= 15 is 0 Å². The van der Waals surface area contributed by atoms with E-state index in [0.717, 1.165) is 12.1 Å². The van der Waals surface area contributed by atoms with Crippen LogP contribution in [0.3, 0.4) is 0 Å². The maximum Gasteiger partial charge on any atom is 0.416 e. The molecule has 0 bridgehead atoms. The lowest BCUT2D eigenvalue weighted by atomic mass is 10.1. The van der Waals surface area contributed by atoms with Crippen molar-refractivity contribution in [3.63, 3.8) is 0 Å². The van der Waals surface area contributed by atoms with Crippen LogP contribution in [0.1, 0.15) is 43.2 Å². The average molecular weight is 429 g/mol. The third kappa shape index (κ3) is 8.10. The van der Waals surface area contributed by atoms with Crippen molar-refractivity contribution >= 4 is 28.5 Å². The molecule has 0 aliphatic rings. The molecule has 1 aromatic carbocycles. The zero-order chi connectivity index (χ0) is 21.7. The topological polar surface area (TPSA) is 80.3 Å². The quantitative estimate of drug-likeness (QED) is 0.703. The van der Waals surface area contributed by atoms with Crippen LogP contribution in [0, 0.1) is 0 Å². The number of nitrogens with one attached hydrogen (secondary N) is 2. The van der Waals surface area contributed by atoms with Crippen LogP contribution in [0.4, 0.5) is 23.1 Å². The molecule has 2 N–H and O–H groups in total. The second-order valence-corrected chi connectivity index (χ2v) is 8.35. The minimum absolute atomic E-state index is 0.0295. The molecular formula is C19H22F3N3O3S. The van der Waals surface area contributed by atoms with E-state index < -0.39 is 23.4 Å². The number of halogens is 3. The summed E-state index contributed by atoms with van der Waals surface area (Å²) in [5, 5.41) is 5.42. The summed E-state index contributed by atoms with van der Waals surface area (Å²) in [7, 11) is 0. The minimum atomic E-state index is -4.39. The Kier molecular flexibility index (Phi) is 7.23. The number of carbonyl (C=O) groups excluding carboxylic acids is 2. The van der Waals surface area contributed by atoms with Crippen molar-refractivity contribution in [3.8, 4) is 0 Å². The van der Waals surface area contributed by atoms with Gasteiger partial charge < -0.3 is 15.4 Å². The number of alkyl carbamates (subject to hydrolysis) is 1. The molecule has 1 heterocycles. The molecule has 2 aromatic rings. The van der Waals surface area contributed by atoms with Crippen molar-refractivity contribution < 1.29 is 27.5 Å². The van der Waals surface area contributed by atoms with Crippen molar-refractivity contribution in [3.05, 3.63) is 46.5 Å². The molecule has 10 heteroatoms. The first-order chi connectivity index (χ1) is 13.4. The fraction of sp³-hybridized carbons (Fsp3) is 0.421. The summed E-state index contributed by atoms with van der Waals surface area (Å²) in [5.41, 5.74) is -0.822. The molecule has 0 fully saturated rings. The summed E-state index contributed by atoms with van der Waals surface area (Å²) in [6.07, 6.45) is -3.18. The Hall–Kier alpha value is -2.62. The van der Waals surface area contributed by atoms with E-state index in [4.69, 9.17) is 4.74 Å². The number of nitrogens with zero attached hydrogens (tertiary/aromatic N) is 1. The van der Waals surface area contributed by atoms with Gasteiger partial charge in [-0.05, 0) is 32.4 Å². The van der Waals surface area contributed by atoms with Crippen LogP contribution < -0.4 is 10.6 Å². The highest BCUT2D eigenvalue weighted by Gasteiger charge is 2.30. The monoisotopic (exact) mass is 429 g/mol. The minimum Gasteiger partial charge on any atom is -0.444 e. The third-order valence-electron chi connectivity index (χ3n) is 3.45. The van der Waals surface area contributed by atoms with Crippen LogP contribution >= 0.6 is 11.3 Å². The van der Waals surface area contributed by atoms with E-state index in [9.17, 15) is 22.8 Å². The van der Waals surface area contributed by atoms with Gasteiger partial charge in [-0.25, -0.2) is 9.78 Å². The van der Waals surface area contributed by atoms with Gasteiger partial charge in [-0.2, -0.15) is 13.2 Å². The van der Waals surface area contributed by atoms with Gasteiger partial charge in [-0.15, -0.1) is 11.3 Å². The number of anilines is 1. The molecule has 6 nitrogen and oxygen atoms in total. The molecule has 2 amide bonds. The fourth-order valence-corrected chi connectivity index (χ4v) is 3.14. The number of carbonyl (C=O) groups is 2. The van der Waals surface area contributed by atoms with Crippen molar-refractivity contribution in [1.82, 2.24) is 10.3 Å². The number of thiazole rings is 1. The van der Waals surface area contributed by atoms with Gasteiger partial charge in [0.1, 0.15) is 5.60 Å². The maximum absolute atomic E-state index is 12.8. The summed E-state index contributed by atoms with van der Waals surface area (Å²) in [5.74, 6) is -0.346. The average Bonchev–Trinajstić information content (AvgIpc) is 2.99. The van der Waals surface area contributed by atoms with Crippen LogP contribution in [0.5, 0.6) is 0 Å². The standard InChI is InChI=1S/C19H22F3N3O3S/c1-18(2,3)28-17(27)23-8-7-15(26)25-16-24-11-14(29-16)10-12-5-4-6-13(9-12)19(20,21)22/h4-6,9,11H,7-8,10H2,1-3H3,(H,23,27)(H,24,25,26). The number of rotatable bonds is 6. The van der Waals surface area contributed by atoms with E-state index in [0.29, 0.717) is 15.6 Å². The first kappa shape index (κ1) is 22.7. The number of benzene rings is 1. The molecule has 2 rings (SSSR count). The molecule has 29 heavy (non-hydrogen) atoms. The zero-order valence-electron chi connectivity index (χ0n) is 16.2. The zero-order valence-corrected chi connectivity index (χ0v) is 17.0. The highest BCUT2D eigenvalue weighted by molar-refractivity contribution is 7.15. The van der Waals surface area contributed by atoms with Gasteiger partial charge in [0, 0.05) is 30.5 Å². The van der Waals surface area contributed by atoms with Crippen LogP contribution in [-0.2, 0) is 22.1 Å². The van der Waals surface area contributed by atoms with E-state index in [1.165, 1.54) is 23.6 Å². The van der Waals surface area contributed by atoms with E-state index in [2.05, 4.69) is 15.6 Å². The number of hydrogen-bond donors (Lipinski definition) is 2. The van der Waals surface area contributed by atoms with Crippen LogP contribution in [0.25, 0.3) is 0 Å². The molecule has 0 aliphatic carbocycles. The van der Waals surface area contributed by atoms with Gasteiger partial charge in [0.25, 0.3) is 0 Å². The summed E-state index contributed by atoms with van der Waals surface area (Å²) >= 11 is 1.18. The number of alkyl halides is 3. The Balaban J connectivity index is 1.83. The number of aromatic nitrogens is 1. The summed E-state index contributed by atoms with van der Waals surface area (Å²) in [6, 6.07) is 5.09. The van der Waals surface area contributed by atoms with Gasteiger partial charge in [-0.1, -0.05) is 18.2 Å². The van der Waals surface area contributed by atoms with Crippen LogP contribution in [0.15, 0.2) is 30.5 Å². The lowest BCUT2D eigenvalue weighted by molar-refractivity contribution is -0.137.